The number of hydrogen-bond donors (Lipinski definition) is 1. The van der Waals surface area contributed by atoms with Crippen LogP contribution in [0, 0.1) is 5.41 Å². The van der Waals surface area contributed by atoms with E-state index < -0.39 is 5.97 Å². The molecule has 0 aromatic heterocycles. The lowest BCUT2D eigenvalue weighted by atomic mass is 9.89. The molecule has 90 valence electrons. The fourth-order valence-electron chi connectivity index (χ4n) is 1.29. The molecule has 0 atom stereocenters. The lowest BCUT2D eigenvalue weighted by Crippen LogP contribution is -2.04. The molecule has 0 amide bonds. The van der Waals surface area contributed by atoms with Crippen LogP contribution in [-0.2, 0) is 9.59 Å². The first-order chi connectivity index (χ1) is 6.92. The molecule has 1 N–H and O–H groups in total. The fraction of sp³-hybridized carbons (Fsp3) is 0.833. The minimum Gasteiger partial charge on any atom is -0.481 e. The van der Waals surface area contributed by atoms with E-state index in [9.17, 15) is 4.79 Å². The lowest BCUT2D eigenvalue weighted by molar-refractivity contribution is -0.137. The Labute approximate surface area is 92.9 Å². The van der Waals surface area contributed by atoms with Gasteiger partial charge in [-0.15, -0.1) is 0 Å². The molecular weight excluding hydrogens is 192 g/mol. The highest BCUT2D eigenvalue weighted by Crippen LogP contribution is 2.22. The molecular formula is C12H24O3. The van der Waals surface area contributed by atoms with Crippen molar-refractivity contribution in [2.45, 2.75) is 59.3 Å². The van der Waals surface area contributed by atoms with Gasteiger partial charge in [0, 0.05) is 6.42 Å². The summed E-state index contributed by atoms with van der Waals surface area (Å²) in [7, 11) is 0. The zero-order valence-corrected chi connectivity index (χ0v) is 10.2. The zero-order chi connectivity index (χ0) is 12.3. The van der Waals surface area contributed by atoms with Crippen LogP contribution < -0.4 is 0 Å². The van der Waals surface area contributed by atoms with Gasteiger partial charge < -0.3 is 9.90 Å². The Hall–Kier alpha value is -0.860. The summed E-state index contributed by atoms with van der Waals surface area (Å²) in [4.78, 5) is 18.2. The van der Waals surface area contributed by atoms with Crippen molar-refractivity contribution in [2.24, 2.45) is 5.41 Å². The van der Waals surface area contributed by atoms with Gasteiger partial charge in [-0.05, 0) is 18.3 Å². The zero-order valence-electron chi connectivity index (χ0n) is 10.2. The third-order valence-electron chi connectivity index (χ3n) is 2.07. The van der Waals surface area contributed by atoms with E-state index in [2.05, 4.69) is 20.8 Å². The summed E-state index contributed by atoms with van der Waals surface area (Å²) in [5, 5.41) is 8.40. The van der Waals surface area contributed by atoms with Crippen LogP contribution in [0.2, 0.25) is 0 Å². The molecule has 0 bridgehead atoms. The number of unbranched alkanes of at least 4 members (excludes halogenated alkanes) is 3. The molecule has 0 aliphatic carbocycles. The first-order valence-electron chi connectivity index (χ1n) is 5.42. The summed E-state index contributed by atoms with van der Waals surface area (Å²) >= 11 is 0. The summed E-state index contributed by atoms with van der Waals surface area (Å²) < 4.78 is 0. The van der Waals surface area contributed by atoms with Crippen molar-refractivity contribution in [3.8, 4) is 0 Å². The molecule has 0 saturated carbocycles. The Morgan fingerprint density at radius 1 is 1.07 bits per heavy atom. The van der Waals surface area contributed by atoms with E-state index in [-0.39, 0.29) is 0 Å². The standard InChI is InChI=1S/C11H22O2.CH2O/c1-11(2,3)9-7-5-4-6-8-10(12)13;1-2/h4-9H2,1-3H3,(H,12,13);1H2. The maximum atomic E-state index is 10.2. The van der Waals surface area contributed by atoms with Gasteiger partial charge in [0.1, 0.15) is 6.79 Å². The van der Waals surface area contributed by atoms with Crippen molar-refractivity contribution in [3.05, 3.63) is 0 Å². The lowest BCUT2D eigenvalue weighted by Gasteiger charge is -2.17. The molecule has 0 saturated heterocycles. The molecule has 0 radical (unpaired) electrons. The molecule has 0 heterocycles. The minimum atomic E-state index is -0.671. The second kappa shape index (κ2) is 9.69. The molecule has 3 heteroatoms. The maximum absolute atomic E-state index is 10.2. The molecule has 0 aromatic rings. The summed E-state index contributed by atoms with van der Waals surface area (Å²) in [5.74, 6) is -0.671. The van der Waals surface area contributed by atoms with E-state index in [1.54, 1.807) is 0 Å². The highest BCUT2D eigenvalue weighted by molar-refractivity contribution is 5.66. The number of carbonyl (C=O) groups is 2. The number of carboxylic acids is 1. The van der Waals surface area contributed by atoms with E-state index in [0.29, 0.717) is 11.8 Å². The molecule has 0 fully saturated rings. The quantitative estimate of drug-likeness (QED) is 0.693. The maximum Gasteiger partial charge on any atom is 0.303 e. The first kappa shape index (κ1) is 16.6. The van der Waals surface area contributed by atoms with Crippen LogP contribution in [-0.4, -0.2) is 17.9 Å². The highest BCUT2D eigenvalue weighted by Gasteiger charge is 2.08. The first-order valence-corrected chi connectivity index (χ1v) is 5.42. The third-order valence-corrected chi connectivity index (χ3v) is 2.07. The van der Waals surface area contributed by atoms with Gasteiger partial charge in [-0.1, -0.05) is 40.0 Å². The Morgan fingerprint density at radius 2 is 1.53 bits per heavy atom. The van der Waals surface area contributed by atoms with Gasteiger partial charge in [0.25, 0.3) is 0 Å². The van der Waals surface area contributed by atoms with Crippen LogP contribution >= 0.6 is 0 Å². The van der Waals surface area contributed by atoms with Crippen LogP contribution in [0.3, 0.4) is 0 Å². The molecule has 15 heavy (non-hydrogen) atoms. The van der Waals surface area contributed by atoms with E-state index in [4.69, 9.17) is 9.90 Å². The molecule has 0 unspecified atom stereocenters. The number of rotatable bonds is 6. The van der Waals surface area contributed by atoms with Crippen LogP contribution in [0.4, 0.5) is 0 Å². The predicted molar refractivity (Wildman–Crippen MR) is 61.9 cm³/mol. The minimum absolute atomic E-state index is 0.329. The molecule has 0 aliphatic rings. The smallest absolute Gasteiger partial charge is 0.303 e. The Morgan fingerprint density at radius 3 is 1.93 bits per heavy atom. The fourth-order valence-corrected chi connectivity index (χ4v) is 1.29. The van der Waals surface area contributed by atoms with Crippen molar-refractivity contribution in [1.82, 2.24) is 0 Å². The summed E-state index contributed by atoms with van der Waals surface area (Å²) in [6, 6.07) is 0. The van der Waals surface area contributed by atoms with Gasteiger partial charge in [0.05, 0.1) is 0 Å². The monoisotopic (exact) mass is 216 g/mol. The van der Waals surface area contributed by atoms with E-state index in [1.165, 1.54) is 19.3 Å². The van der Waals surface area contributed by atoms with E-state index in [1.807, 2.05) is 6.79 Å². The molecule has 0 aromatic carbocycles. The third kappa shape index (κ3) is 19.5. The number of carboxylic acid groups (broad SMARTS) is 1. The number of carbonyl (C=O) groups excluding carboxylic acids is 1. The van der Waals surface area contributed by atoms with Gasteiger partial charge in [0.2, 0.25) is 0 Å². The highest BCUT2D eigenvalue weighted by atomic mass is 16.4. The summed E-state index contributed by atoms with van der Waals surface area (Å²) in [5.41, 5.74) is 0.423. The molecule has 0 aliphatic heterocycles. The van der Waals surface area contributed by atoms with Crippen molar-refractivity contribution in [1.29, 1.82) is 0 Å². The molecule has 3 nitrogen and oxygen atoms in total. The summed E-state index contributed by atoms with van der Waals surface area (Å²) in [6.45, 7) is 8.72. The second-order valence-electron chi connectivity index (χ2n) is 4.87. The average Bonchev–Trinajstić information content (AvgIpc) is 2.12. The Balaban J connectivity index is 0. The number of hydrogen-bond acceptors (Lipinski definition) is 2. The van der Waals surface area contributed by atoms with Gasteiger partial charge in [0.15, 0.2) is 0 Å². The number of aliphatic carboxylic acids is 1. The van der Waals surface area contributed by atoms with Gasteiger partial charge >= 0.3 is 5.97 Å². The van der Waals surface area contributed by atoms with E-state index in [0.717, 1.165) is 12.8 Å². The summed E-state index contributed by atoms with van der Waals surface area (Å²) in [6.07, 6.45) is 5.85. The van der Waals surface area contributed by atoms with Crippen LogP contribution in [0.15, 0.2) is 0 Å². The largest absolute Gasteiger partial charge is 0.481 e. The Bertz CT molecular complexity index is 159. The van der Waals surface area contributed by atoms with Crippen molar-refractivity contribution in [3.63, 3.8) is 0 Å². The predicted octanol–water partition coefficient (Wildman–Crippen LogP) is 3.27. The van der Waals surface area contributed by atoms with Crippen molar-refractivity contribution >= 4 is 12.8 Å². The van der Waals surface area contributed by atoms with Crippen molar-refractivity contribution < 1.29 is 14.7 Å². The van der Waals surface area contributed by atoms with Crippen LogP contribution in [0.1, 0.15) is 59.3 Å². The normalized spacial score (nSPS) is 10.3. The van der Waals surface area contributed by atoms with Crippen molar-refractivity contribution in [2.75, 3.05) is 0 Å². The molecule has 0 spiro atoms. The van der Waals surface area contributed by atoms with Crippen LogP contribution in [0.25, 0.3) is 0 Å². The van der Waals surface area contributed by atoms with Gasteiger partial charge in [-0.3, -0.25) is 4.79 Å². The van der Waals surface area contributed by atoms with Gasteiger partial charge in [-0.25, -0.2) is 0 Å². The SMILES string of the molecule is C=O.CC(C)(C)CCCCCCC(=O)O. The molecule has 0 rings (SSSR count). The van der Waals surface area contributed by atoms with Gasteiger partial charge in [-0.2, -0.15) is 0 Å². The average molecular weight is 216 g/mol. The van der Waals surface area contributed by atoms with Crippen LogP contribution in [0.5, 0.6) is 0 Å². The Kier molecular flexibility index (Phi) is 10.7. The second-order valence-corrected chi connectivity index (χ2v) is 4.87. The topological polar surface area (TPSA) is 54.4 Å². The van der Waals surface area contributed by atoms with E-state index >= 15 is 0 Å².